The Balaban J connectivity index is 1.87. The number of benzene rings is 2. The predicted molar refractivity (Wildman–Crippen MR) is 103 cm³/mol. The number of nitrogens with one attached hydrogen (secondary N) is 1. The Bertz CT molecular complexity index is 688. The lowest BCUT2D eigenvalue weighted by molar-refractivity contribution is -0.120. The second kappa shape index (κ2) is 8.15. The van der Waals surface area contributed by atoms with Gasteiger partial charge in [-0.15, -0.1) is 11.8 Å². The normalized spacial score (nSPS) is 13.0. The lowest BCUT2D eigenvalue weighted by Crippen LogP contribution is -2.26. The van der Waals surface area contributed by atoms with Gasteiger partial charge in [0.1, 0.15) is 0 Å². The van der Waals surface area contributed by atoms with Gasteiger partial charge >= 0.3 is 0 Å². The maximum atomic E-state index is 12.1. The smallest absolute Gasteiger partial charge is 0.253 e. The van der Waals surface area contributed by atoms with Gasteiger partial charge in [0.2, 0.25) is 0 Å². The summed E-state index contributed by atoms with van der Waals surface area (Å²) < 4.78 is 0. The van der Waals surface area contributed by atoms with Crippen molar-refractivity contribution in [2.45, 2.75) is 43.3 Å². The van der Waals surface area contributed by atoms with Gasteiger partial charge in [-0.3, -0.25) is 4.79 Å². The molecule has 0 aromatic heterocycles. The highest BCUT2D eigenvalue weighted by molar-refractivity contribution is 8.00. The van der Waals surface area contributed by atoms with Crippen molar-refractivity contribution in [3.8, 4) is 0 Å². The molecule has 0 unspecified atom stereocenters. The van der Waals surface area contributed by atoms with Crippen LogP contribution in [0.3, 0.4) is 0 Å². The molecule has 3 nitrogen and oxygen atoms in total. The molecule has 0 saturated carbocycles. The number of carbonyl (C=O) groups is 1. The number of rotatable bonds is 5. The van der Waals surface area contributed by atoms with Crippen LogP contribution in [0.15, 0.2) is 64.6 Å². The number of nitrogens with zero attached hydrogens (tertiary/aromatic N) is 1. The molecular formula is C20H24N2OS. The molecule has 2 aromatic carbocycles. The van der Waals surface area contributed by atoms with E-state index in [1.807, 2.05) is 49.4 Å². The largest absolute Gasteiger partial charge is 0.272 e. The van der Waals surface area contributed by atoms with Crippen LogP contribution in [0.5, 0.6) is 0 Å². The van der Waals surface area contributed by atoms with E-state index >= 15 is 0 Å². The zero-order valence-corrected chi connectivity index (χ0v) is 15.4. The zero-order valence-electron chi connectivity index (χ0n) is 14.6. The van der Waals surface area contributed by atoms with E-state index in [1.165, 1.54) is 17.3 Å². The summed E-state index contributed by atoms with van der Waals surface area (Å²) in [6.45, 7) is 8.42. The Labute approximate surface area is 148 Å². The molecule has 1 atom stereocenters. The maximum absolute atomic E-state index is 12.1. The van der Waals surface area contributed by atoms with Crippen molar-refractivity contribution >= 4 is 23.9 Å². The van der Waals surface area contributed by atoms with E-state index in [2.05, 4.69) is 43.4 Å². The van der Waals surface area contributed by atoms with Crippen molar-refractivity contribution in [1.29, 1.82) is 0 Å². The molecule has 126 valence electrons. The minimum absolute atomic E-state index is 0.105. The molecule has 0 heterocycles. The molecule has 0 saturated heterocycles. The summed E-state index contributed by atoms with van der Waals surface area (Å²) in [6.07, 6.45) is 1.67. The predicted octanol–water partition coefficient (Wildman–Crippen LogP) is 4.62. The standard InChI is InChI=1S/C20H24N2OS/c1-15(24-18-8-6-5-7-9-18)19(23)22-21-14-16-10-12-17(13-11-16)20(2,3)4/h5-15H,1-4H3,(H,22,23)/b21-14-/t15-/m1/s1. The molecule has 2 rings (SSSR count). The molecule has 0 aliphatic heterocycles. The van der Waals surface area contributed by atoms with Gasteiger partial charge in [-0.05, 0) is 35.6 Å². The summed E-state index contributed by atoms with van der Waals surface area (Å²) in [7, 11) is 0. The van der Waals surface area contributed by atoms with Gasteiger partial charge in [-0.1, -0.05) is 63.2 Å². The third-order valence-electron chi connectivity index (χ3n) is 3.59. The van der Waals surface area contributed by atoms with Gasteiger partial charge in [0.15, 0.2) is 0 Å². The molecule has 0 spiro atoms. The second-order valence-electron chi connectivity index (χ2n) is 6.68. The zero-order chi connectivity index (χ0) is 17.6. The van der Waals surface area contributed by atoms with Crippen LogP contribution in [-0.4, -0.2) is 17.4 Å². The highest BCUT2D eigenvalue weighted by Crippen LogP contribution is 2.23. The van der Waals surface area contributed by atoms with Crippen LogP contribution in [0.25, 0.3) is 0 Å². The van der Waals surface area contributed by atoms with E-state index in [1.54, 1.807) is 6.21 Å². The molecule has 0 fully saturated rings. The van der Waals surface area contributed by atoms with E-state index < -0.39 is 0 Å². The van der Waals surface area contributed by atoms with Crippen LogP contribution in [-0.2, 0) is 10.2 Å². The Morgan fingerprint density at radius 1 is 1.08 bits per heavy atom. The summed E-state index contributed by atoms with van der Waals surface area (Å²) in [6, 6.07) is 18.1. The lowest BCUT2D eigenvalue weighted by atomic mass is 9.87. The maximum Gasteiger partial charge on any atom is 0.253 e. The van der Waals surface area contributed by atoms with Gasteiger partial charge in [0, 0.05) is 4.90 Å². The summed E-state index contributed by atoms with van der Waals surface area (Å²) in [5.74, 6) is -0.105. The van der Waals surface area contributed by atoms with Crippen molar-refractivity contribution in [3.05, 3.63) is 65.7 Å². The van der Waals surface area contributed by atoms with Crippen LogP contribution in [0, 0.1) is 0 Å². The quantitative estimate of drug-likeness (QED) is 0.490. The van der Waals surface area contributed by atoms with Gasteiger partial charge < -0.3 is 0 Å². The SMILES string of the molecule is C[C@@H](Sc1ccccc1)C(=O)N/N=C\c1ccc(C(C)(C)C)cc1. The average molecular weight is 340 g/mol. The number of hydrazone groups is 1. The molecule has 2 aromatic rings. The van der Waals surface area contributed by atoms with Crippen LogP contribution in [0.1, 0.15) is 38.8 Å². The second-order valence-corrected chi connectivity index (χ2v) is 8.09. The lowest BCUT2D eigenvalue weighted by Gasteiger charge is -2.18. The summed E-state index contributed by atoms with van der Waals surface area (Å²) in [4.78, 5) is 13.1. The first kappa shape index (κ1) is 18.3. The third-order valence-corrected chi connectivity index (χ3v) is 4.70. The molecule has 4 heteroatoms. The van der Waals surface area contributed by atoms with Gasteiger partial charge in [-0.25, -0.2) is 5.43 Å². The number of hydrogen-bond acceptors (Lipinski definition) is 3. The number of amides is 1. The van der Waals surface area contributed by atoms with Gasteiger partial charge in [0.25, 0.3) is 5.91 Å². The first-order valence-corrected chi connectivity index (χ1v) is 8.89. The minimum Gasteiger partial charge on any atom is -0.272 e. The summed E-state index contributed by atoms with van der Waals surface area (Å²) in [5, 5.41) is 3.86. The van der Waals surface area contributed by atoms with Crippen molar-refractivity contribution in [2.24, 2.45) is 5.10 Å². The van der Waals surface area contributed by atoms with Crippen LogP contribution < -0.4 is 5.43 Å². The van der Waals surface area contributed by atoms with Gasteiger partial charge in [-0.2, -0.15) is 5.10 Å². The molecule has 0 bridgehead atoms. The highest BCUT2D eigenvalue weighted by Gasteiger charge is 2.14. The molecular weight excluding hydrogens is 316 g/mol. The monoisotopic (exact) mass is 340 g/mol. The highest BCUT2D eigenvalue weighted by atomic mass is 32.2. The molecule has 0 aliphatic carbocycles. The first-order chi connectivity index (χ1) is 11.4. The number of hydrogen-bond donors (Lipinski definition) is 1. The Kier molecular flexibility index (Phi) is 6.21. The van der Waals surface area contributed by atoms with Crippen molar-refractivity contribution < 1.29 is 4.79 Å². The van der Waals surface area contributed by atoms with Crippen LogP contribution in [0.4, 0.5) is 0 Å². The number of carbonyl (C=O) groups excluding carboxylic acids is 1. The molecule has 1 N–H and O–H groups in total. The molecule has 24 heavy (non-hydrogen) atoms. The molecule has 1 amide bonds. The van der Waals surface area contributed by atoms with E-state index in [0.29, 0.717) is 0 Å². The van der Waals surface area contributed by atoms with E-state index in [0.717, 1.165) is 10.5 Å². The fraction of sp³-hybridized carbons (Fsp3) is 0.300. The van der Waals surface area contributed by atoms with Crippen LogP contribution >= 0.6 is 11.8 Å². The Morgan fingerprint density at radius 2 is 1.71 bits per heavy atom. The van der Waals surface area contributed by atoms with E-state index in [9.17, 15) is 4.79 Å². The van der Waals surface area contributed by atoms with Gasteiger partial charge in [0.05, 0.1) is 11.5 Å². The van der Waals surface area contributed by atoms with Crippen molar-refractivity contribution in [2.75, 3.05) is 0 Å². The van der Waals surface area contributed by atoms with E-state index in [-0.39, 0.29) is 16.6 Å². The molecule has 0 radical (unpaired) electrons. The van der Waals surface area contributed by atoms with E-state index in [4.69, 9.17) is 0 Å². The fourth-order valence-corrected chi connectivity index (χ4v) is 2.97. The Hall–Kier alpha value is -2.07. The summed E-state index contributed by atoms with van der Waals surface area (Å²) in [5.41, 5.74) is 4.98. The fourth-order valence-electron chi connectivity index (χ4n) is 2.09. The molecule has 0 aliphatic rings. The minimum atomic E-state index is -0.201. The third kappa shape index (κ3) is 5.53. The average Bonchev–Trinajstić information content (AvgIpc) is 2.55. The summed E-state index contributed by atoms with van der Waals surface area (Å²) >= 11 is 1.52. The number of thioether (sulfide) groups is 1. The van der Waals surface area contributed by atoms with Crippen molar-refractivity contribution in [3.63, 3.8) is 0 Å². The van der Waals surface area contributed by atoms with Crippen molar-refractivity contribution in [1.82, 2.24) is 5.43 Å². The topological polar surface area (TPSA) is 41.5 Å². The Morgan fingerprint density at radius 3 is 2.29 bits per heavy atom. The van der Waals surface area contributed by atoms with Crippen LogP contribution in [0.2, 0.25) is 0 Å². The first-order valence-electron chi connectivity index (χ1n) is 8.01.